The molecule has 2 N–H and O–H groups in total. The monoisotopic (exact) mass is 208 g/mol. The summed E-state index contributed by atoms with van der Waals surface area (Å²) in [6.45, 7) is 1.90. The predicted molar refractivity (Wildman–Crippen MR) is 56.5 cm³/mol. The van der Waals surface area contributed by atoms with Gasteiger partial charge < -0.3 is 14.9 Å². The van der Waals surface area contributed by atoms with E-state index in [0.29, 0.717) is 6.42 Å². The summed E-state index contributed by atoms with van der Waals surface area (Å²) < 4.78 is 5.56. The topological polar surface area (TPSA) is 49.7 Å². The fourth-order valence-electron chi connectivity index (χ4n) is 1.98. The number of ether oxygens (including phenoxy) is 1. The zero-order valence-corrected chi connectivity index (χ0v) is 8.76. The summed E-state index contributed by atoms with van der Waals surface area (Å²) >= 11 is 0. The molecule has 1 aliphatic heterocycles. The van der Waals surface area contributed by atoms with E-state index >= 15 is 0 Å². The van der Waals surface area contributed by atoms with Crippen LogP contribution in [0.25, 0.3) is 0 Å². The zero-order chi connectivity index (χ0) is 10.8. The van der Waals surface area contributed by atoms with Crippen LogP contribution >= 0.6 is 0 Å². The fourth-order valence-corrected chi connectivity index (χ4v) is 1.98. The van der Waals surface area contributed by atoms with Crippen molar-refractivity contribution in [2.75, 3.05) is 6.61 Å². The van der Waals surface area contributed by atoms with Gasteiger partial charge in [0.15, 0.2) is 0 Å². The Balaban J connectivity index is 2.13. The summed E-state index contributed by atoms with van der Waals surface area (Å²) in [5.41, 5.74) is 2.25. The molecule has 0 aromatic heterocycles. The van der Waals surface area contributed by atoms with Gasteiger partial charge in [0, 0.05) is 6.42 Å². The van der Waals surface area contributed by atoms with Crippen molar-refractivity contribution < 1.29 is 14.9 Å². The first-order chi connectivity index (χ1) is 7.20. The summed E-state index contributed by atoms with van der Waals surface area (Å²) in [5, 5.41) is 18.6. The number of rotatable bonds is 2. The van der Waals surface area contributed by atoms with Gasteiger partial charge in [-0.3, -0.25) is 0 Å². The number of hydrogen-bond donors (Lipinski definition) is 2. The third-order valence-corrected chi connectivity index (χ3v) is 2.82. The molecule has 3 heteroatoms. The number of aliphatic hydroxyl groups excluding tert-OH is 2. The first-order valence-corrected chi connectivity index (χ1v) is 5.21. The highest BCUT2D eigenvalue weighted by molar-refractivity contribution is 5.25. The molecule has 1 aromatic rings. The van der Waals surface area contributed by atoms with Crippen molar-refractivity contribution in [1.29, 1.82) is 0 Å². The minimum atomic E-state index is -0.555. The average Bonchev–Trinajstić information content (AvgIpc) is 2.60. The van der Waals surface area contributed by atoms with Crippen LogP contribution in [0.15, 0.2) is 24.3 Å². The maximum absolute atomic E-state index is 9.60. The second kappa shape index (κ2) is 4.31. The minimum Gasteiger partial charge on any atom is -0.394 e. The van der Waals surface area contributed by atoms with Crippen LogP contribution in [0.1, 0.15) is 23.7 Å². The number of aliphatic hydroxyl groups is 2. The number of benzene rings is 1. The largest absolute Gasteiger partial charge is 0.394 e. The lowest BCUT2D eigenvalue weighted by atomic mass is 10.0. The minimum absolute atomic E-state index is 0.0861. The highest BCUT2D eigenvalue weighted by Gasteiger charge is 2.33. The Morgan fingerprint density at radius 3 is 2.87 bits per heavy atom. The van der Waals surface area contributed by atoms with E-state index in [2.05, 4.69) is 6.07 Å². The highest BCUT2D eigenvalue weighted by Crippen LogP contribution is 2.32. The molecule has 1 fully saturated rings. The first kappa shape index (κ1) is 10.6. The summed E-state index contributed by atoms with van der Waals surface area (Å²) in [5.74, 6) is 0. The van der Waals surface area contributed by atoms with Crippen LogP contribution in [0.2, 0.25) is 0 Å². The van der Waals surface area contributed by atoms with E-state index in [-0.39, 0.29) is 12.7 Å². The lowest BCUT2D eigenvalue weighted by molar-refractivity contribution is -0.0225. The second-order valence-corrected chi connectivity index (χ2v) is 4.06. The van der Waals surface area contributed by atoms with Crippen LogP contribution in [0.3, 0.4) is 0 Å². The Kier molecular flexibility index (Phi) is 3.05. The van der Waals surface area contributed by atoms with Gasteiger partial charge in [-0.25, -0.2) is 0 Å². The fraction of sp³-hybridized carbons (Fsp3) is 0.500. The molecule has 1 saturated heterocycles. The second-order valence-electron chi connectivity index (χ2n) is 4.06. The van der Waals surface area contributed by atoms with E-state index in [0.717, 1.165) is 5.56 Å². The molecule has 0 radical (unpaired) electrons. The zero-order valence-electron chi connectivity index (χ0n) is 8.76. The molecule has 2 rings (SSSR count). The number of aryl methyl sites for hydroxylation is 1. The molecule has 1 heterocycles. The van der Waals surface area contributed by atoms with Crippen molar-refractivity contribution in [2.24, 2.45) is 0 Å². The quantitative estimate of drug-likeness (QED) is 0.767. The SMILES string of the molecule is Cc1cccc([C@H]2CC(O)[C@@H](CO)O2)c1. The van der Waals surface area contributed by atoms with E-state index in [1.165, 1.54) is 5.56 Å². The van der Waals surface area contributed by atoms with E-state index in [9.17, 15) is 5.11 Å². The summed E-state index contributed by atoms with van der Waals surface area (Å²) in [4.78, 5) is 0. The molecule has 1 unspecified atom stereocenters. The predicted octanol–water partition coefficient (Wildman–Crippen LogP) is 1.18. The van der Waals surface area contributed by atoms with Gasteiger partial charge in [-0.1, -0.05) is 29.8 Å². The summed E-state index contributed by atoms with van der Waals surface area (Å²) in [6.07, 6.45) is -0.512. The Morgan fingerprint density at radius 2 is 2.27 bits per heavy atom. The third kappa shape index (κ3) is 2.20. The van der Waals surface area contributed by atoms with Crippen molar-refractivity contribution >= 4 is 0 Å². The molecule has 82 valence electrons. The molecule has 15 heavy (non-hydrogen) atoms. The maximum Gasteiger partial charge on any atom is 0.107 e. The Hall–Kier alpha value is -0.900. The molecule has 1 aliphatic rings. The summed E-state index contributed by atoms with van der Waals surface area (Å²) in [7, 11) is 0. The van der Waals surface area contributed by atoms with Gasteiger partial charge in [0.25, 0.3) is 0 Å². The van der Waals surface area contributed by atoms with Crippen LogP contribution in [0.5, 0.6) is 0 Å². The van der Waals surface area contributed by atoms with Crippen molar-refractivity contribution in [3.8, 4) is 0 Å². The van der Waals surface area contributed by atoms with E-state index in [1.54, 1.807) is 0 Å². The van der Waals surface area contributed by atoms with Gasteiger partial charge in [-0.2, -0.15) is 0 Å². The summed E-state index contributed by atoms with van der Waals surface area (Å²) in [6, 6.07) is 8.05. The number of hydrogen-bond acceptors (Lipinski definition) is 3. The molecular weight excluding hydrogens is 192 g/mol. The normalized spacial score (nSPS) is 30.7. The van der Waals surface area contributed by atoms with Crippen molar-refractivity contribution in [3.63, 3.8) is 0 Å². The molecule has 3 atom stereocenters. The molecular formula is C12H16O3. The van der Waals surface area contributed by atoms with Gasteiger partial charge in [0.05, 0.1) is 18.8 Å². The lowest BCUT2D eigenvalue weighted by Crippen LogP contribution is -2.24. The molecule has 0 aliphatic carbocycles. The molecule has 1 aromatic carbocycles. The lowest BCUT2D eigenvalue weighted by Gasteiger charge is -2.12. The highest BCUT2D eigenvalue weighted by atomic mass is 16.5. The molecule has 0 bridgehead atoms. The van der Waals surface area contributed by atoms with Crippen molar-refractivity contribution in [3.05, 3.63) is 35.4 Å². The van der Waals surface area contributed by atoms with E-state index in [1.807, 2.05) is 25.1 Å². The molecule has 0 saturated carbocycles. The molecule has 3 nitrogen and oxygen atoms in total. The van der Waals surface area contributed by atoms with E-state index < -0.39 is 12.2 Å². The van der Waals surface area contributed by atoms with Gasteiger partial charge in [0.1, 0.15) is 6.10 Å². The van der Waals surface area contributed by atoms with Gasteiger partial charge in [-0.15, -0.1) is 0 Å². The smallest absolute Gasteiger partial charge is 0.107 e. The maximum atomic E-state index is 9.60. The van der Waals surface area contributed by atoms with Crippen LogP contribution in [0.4, 0.5) is 0 Å². The van der Waals surface area contributed by atoms with Gasteiger partial charge in [0.2, 0.25) is 0 Å². The Morgan fingerprint density at radius 1 is 1.47 bits per heavy atom. The van der Waals surface area contributed by atoms with Crippen LogP contribution in [-0.4, -0.2) is 29.0 Å². The van der Waals surface area contributed by atoms with Crippen LogP contribution in [-0.2, 0) is 4.74 Å². The Labute approximate surface area is 89.3 Å². The standard InChI is InChI=1S/C12H16O3/c1-8-3-2-4-9(5-8)11-6-10(14)12(7-13)15-11/h2-5,10-14H,6-7H2,1H3/t10?,11-,12-/m1/s1. The van der Waals surface area contributed by atoms with Crippen molar-refractivity contribution in [1.82, 2.24) is 0 Å². The van der Waals surface area contributed by atoms with Crippen LogP contribution < -0.4 is 0 Å². The van der Waals surface area contributed by atoms with Crippen molar-refractivity contribution in [2.45, 2.75) is 31.7 Å². The van der Waals surface area contributed by atoms with Gasteiger partial charge in [-0.05, 0) is 12.5 Å². The molecule has 0 amide bonds. The average molecular weight is 208 g/mol. The molecule has 0 spiro atoms. The van der Waals surface area contributed by atoms with Gasteiger partial charge >= 0.3 is 0 Å². The van der Waals surface area contributed by atoms with E-state index in [4.69, 9.17) is 9.84 Å². The third-order valence-electron chi connectivity index (χ3n) is 2.82. The first-order valence-electron chi connectivity index (χ1n) is 5.21. The van der Waals surface area contributed by atoms with Crippen LogP contribution in [0, 0.1) is 6.92 Å². The Bertz CT molecular complexity index is 337.